The minimum Gasteiger partial charge on any atom is -0.400 e. The second-order valence-corrected chi connectivity index (χ2v) is 6.81. The Labute approximate surface area is 232 Å². The fraction of sp³-hybridized carbons (Fsp3) is 0.875. The average Bonchev–Trinajstić information content (AvgIpc) is 2.83. The Kier molecular flexibility index (Phi) is 57.6. The molecule has 37 heavy (non-hydrogen) atoms. The number of hydrogen-bond acceptors (Lipinski definition) is 16. The van der Waals surface area contributed by atoms with Gasteiger partial charge < -0.3 is 31.1 Å². The van der Waals surface area contributed by atoms with E-state index in [9.17, 15) is 9.59 Å². The number of halogens is 2. The Balaban J connectivity index is -0.0000000609. The summed E-state index contributed by atoms with van der Waals surface area (Å²) in [5.74, 6) is -0.000921. The molecule has 0 aromatic carbocycles. The maximum absolute atomic E-state index is 11.5. The second-order valence-electron chi connectivity index (χ2n) is 5.30. The predicted molar refractivity (Wildman–Crippen MR) is 105 cm³/mol. The fourth-order valence-corrected chi connectivity index (χ4v) is 1.52. The van der Waals surface area contributed by atoms with Crippen LogP contribution in [0.4, 0.5) is 0 Å². The van der Waals surface area contributed by atoms with Gasteiger partial charge in [-0.25, -0.2) is 37.3 Å². The van der Waals surface area contributed by atoms with Gasteiger partial charge in [0.2, 0.25) is 11.8 Å². The summed E-state index contributed by atoms with van der Waals surface area (Å²) >= 11 is 0. The molecular weight excluding hydrogens is 607 g/mol. The Morgan fingerprint density at radius 1 is 0.622 bits per heavy atom. The van der Waals surface area contributed by atoms with Gasteiger partial charge in [-0.1, -0.05) is 0 Å². The van der Waals surface area contributed by atoms with Gasteiger partial charge in [-0.3, -0.25) is 19.4 Å². The molecule has 0 spiro atoms. The van der Waals surface area contributed by atoms with E-state index in [2.05, 4.69) is 10.6 Å². The topological polar surface area (TPSA) is 330 Å². The number of amides is 2. The maximum atomic E-state index is 11.5. The quantitative estimate of drug-likeness (QED) is 0.139. The summed E-state index contributed by atoms with van der Waals surface area (Å²) in [4.78, 5) is 26.8. The normalized spacial score (nSPS) is 10.9. The minimum absolute atomic E-state index is 0. The molecule has 0 aliphatic heterocycles. The molecule has 0 saturated carbocycles. The molecule has 0 aliphatic carbocycles. The Hall–Kier alpha value is -0.521. The fourth-order valence-electron chi connectivity index (χ4n) is 1.52. The standard InChI is InChI=1S/C12H26N4O2.4CH4O.2ClHO4.Cu/c1-9(11(17)13-3)15(5)7-8-16(6)10(2)12(18)14-4;4*1-2;2*2-1(3,4)5;/h9-10H,7-8H2,1-6H3,(H,13,17)(H,14,18);4*2H,1H3;2*(H,2,3,4,5);/q;;;;;;;+2/p-2/t9-,10-;;;;;;;/m0......./s1. The van der Waals surface area contributed by atoms with Crippen LogP contribution in [0.2, 0.25) is 0 Å². The molecule has 0 aromatic rings. The largest absolute Gasteiger partial charge is 2.00 e. The van der Waals surface area contributed by atoms with Crippen molar-refractivity contribution in [1.82, 2.24) is 20.4 Å². The molecule has 2 atom stereocenters. The van der Waals surface area contributed by atoms with Crippen LogP contribution >= 0.6 is 0 Å². The van der Waals surface area contributed by atoms with Crippen LogP contribution in [0.5, 0.6) is 0 Å². The minimum atomic E-state index is -4.94. The number of carbonyl (C=O) groups is 2. The van der Waals surface area contributed by atoms with Gasteiger partial charge in [-0.2, -0.15) is 0 Å². The number of hydrogen-bond donors (Lipinski definition) is 6. The van der Waals surface area contributed by atoms with E-state index in [-0.39, 0.29) is 41.0 Å². The van der Waals surface area contributed by atoms with Gasteiger partial charge in [0, 0.05) is 55.6 Å². The first-order chi connectivity index (χ1) is 16.3. The third-order valence-electron chi connectivity index (χ3n) is 3.38. The van der Waals surface area contributed by atoms with Gasteiger partial charge in [0.15, 0.2) is 0 Å². The number of aliphatic hydroxyl groups excluding tert-OH is 4. The van der Waals surface area contributed by atoms with Crippen molar-refractivity contribution in [3.05, 3.63) is 0 Å². The van der Waals surface area contributed by atoms with Crippen molar-refractivity contribution in [3.8, 4) is 0 Å². The first kappa shape index (κ1) is 56.6. The van der Waals surface area contributed by atoms with Crippen LogP contribution in [-0.2, 0) is 26.7 Å². The third-order valence-corrected chi connectivity index (χ3v) is 3.38. The van der Waals surface area contributed by atoms with E-state index >= 15 is 0 Å². The van der Waals surface area contributed by atoms with Crippen LogP contribution in [0.3, 0.4) is 0 Å². The predicted octanol–water partition coefficient (Wildman–Crippen LogP) is -12.0. The van der Waals surface area contributed by atoms with E-state index in [0.717, 1.165) is 41.5 Å². The zero-order valence-electron chi connectivity index (χ0n) is 22.4. The second kappa shape index (κ2) is 37.6. The smallest absolute Gasteiger partial charge is 0.400 e. The summed E-state index contributed by atoms with van der Waals surface area (Å²) in [5.41, 5.74) is 0. The van der Waals surface area contributed by atoms with E-state index in [1.807, 2.05) is 37.7 Å². The van der Waals surface area contributed by atoms with E-state index in [0.29, 0.717) is 0 Å². The summed E-state index contributed by atoms with van der Waals surface area (Å²) < 4.78 is 67.9. The molecule has 0 saturated heterocycles. The van der Waals surface area contributed by atoms with Crippen molar-refractivity contribution in [3.63, 3.8) is 0 Å². The Morgan fingerprint density at radius 3 is 0.865 bits per heavy atom. The molecular formula is C16H42Cl2CuN4O14. The number of carbonyl (C=O) groups excluding carboxylic acids is 2. The van der Waals surface area contributed by atoms with E-state index in [1.165, 1.54) is 0 Å². The molecule has 0 aliphatic rings. The summed E-state index contributed by atoms with van der Waals surface area (Å²) in [7, 11) is 1.18. The van der Waals surface area contributed by atoms with Crippen LogP contribution in [0.15, 0.2) is 0 Å². The van der Waals surface area contributed by atoms with Crippen LogP contribution < -0.4 is 47.9 Å². The van der Waals surface area contributed by atoms with Gasteiger partial charge in [-0.15, -0.1) is 20.5 Å². The molecule has 0 aromatic heterocycles. The number of nitrogens with one attached hydrogen (secondary N) is 2. The van der Waals surface area contributed by atoms with Gasteiger partial charge in [0.1, 0.15) is 0 Å². The van der Waals surface area contributed by atoms with Gasteiger partial charge >= 0.3 is 17.1 Å². The molecule has 21 heteroatoms. The number of rotatable bonds is 7. The number of likely N-dealkylation sites (N-methyl/N-ethyl adjacent to an activating group) is 4. The molecule has 18 nitrogen and oxygen atoms in total. The zero-order chi connectivity index (χ0) is 31.3. The molecule has 6 N–H and O–H groups in total. The number of nitrogens with zero attached hydrogens (tertiary/aromatic N) is 2. The molecule has 0 fully saturated rings. The van der Waals surface area contributed by atoms with E-state index < -0.39 is 20.5 Å². The van der Waals surface area contributed by atoms with Crippen molar-refractivity contribution >= 4 is 11.8 Å². The molecule has 0 bridgehead atoms. The van der Waals surface area contributed by atoms with Crippen LogP contribution in [0.1, 0.15) is 13.8 Å². The molecule has 1 radical (unpaired) electrons. The van der Waals surface area contributed by atoms with Crippen LogP contribution in [0, 0.1) is 20.5 Å². The molecule has 235 valence electrons. The van der Waals surface area contributed by atoms with Crippen LogP contribution in [0.25, 0.3) is 0 Å². The molecule has 0 rings (SSSR count). The first-order valence-corrected chi connectivity index (χ1v) is 11.7. The summed E-state index contributed by atoms with van der Waals surface area (Å²) in [6.07, 6.45) is 0. The Morgan fingerprint density at radius 2 is 0.757 bits per heavy atom. The first-order valence-electron chi connectivity index (χ1n) is 9.21. The van der Waals surface area contributed by atoms with E-state index in [4.69, 9.17) is 57.7 Å². The SMILES string of the molecule is CNC(=O)[C@H](C)N(C)CCN(C)[C@@H](C)C(=O)NC.CO.CO.CO.CO.[Cu+2].[O-][Cl+3]([O-])([O-])[O-].[O-][Cl+3]([O-])([O-])[O-]. The summed E-state index contributed by atoms with van der Waals surface area (Å²) in [5, 5.41) is 33.3. The van der Waals surface area contributed by atoms with Crippen LogP contribution in [-0.4, -0.2) is 124 Å². The Bertz CT molecular complexity index is 412. The zero-order valence-corrected chi connectivity index (χ0v) is 24.8. The third kappa shape index (κ3) is 66.4. The molecule has 0 unspecified atom stereocenters. The molecule has 2 amide bonds. The molecule has 0 heterocycles. The summed E-state index contributed by atoms with van der Waals surface area (Å²) in [6, 6.07) is -0.336. The number of aliphatic hydroxyl groups is 4. The average molecular weight is 649 g/mol. The van der Waals surface area contributed by atoms with Gasteiger partial charge in [-0.05, 0) is 27.9 Å². The summed E-state index contributed by atoms with van der Waals surface area (Å²) in [6.45, 7) is 5.18. The van der Waals surface area contributed by atoms with Gasteiger partial charge in [0.25, 0.3) is 0 Å². The monoisotopic (exact) mass is 647 g/mol. The van der Waals surface area contributed by atoms with Crippen molar-refractivity contribution < 1.29 is 105 Å². The van der Waals surface area contributed by atoms with Crippen molar-refractivity contribution in [2.24, 2.45) is 0 Å². The van der Waals surface area contributed by atoms with E-state index in [1.54, 1.807) is 14.1 Å². The maximum Gasteiger partial charge on any atom is 2.00 e. The van der Waals surface area contributed by atoms with Crippen molar-refractivity contribution in [1.29, 1.82) is 0 Å². The van der Waals surface area contributed by atoms with Crippen molar-refractivity contribution in [2.45, 2.75) is 25.9 Å². The van der Waals surface area contributed by atoms with Gasteiger partial charge in [0.05, 0.1) is 12.1 Å². The van der Waals surface area contributed by atoms with Crippen molar-refractivity contribution in [2.75, 3.05) is 69.7 Å².